The van der Waals surface area contributed by atoms with Crippen molar-refractivity contribution >= 4 is 11.0 Å². The highest BCUT2D eigenvalue weighted by atomic mass is 19.1. The summed E-state index contributed by atoms with van der Waals surface area (Å²) in [6.45, 7) is 6.97. The van der Waals surface area contributed by atoms with Crippen molar-refractivity contribution in [2.75, 3.05) is 6.61 Å². The first-order chi connectivity index (χ1) is 11.6. The Morgan fingerprint density at radius 1 is 1.08 bits per heavy atom. The summed E-state index contributed by atoms with van der Waals surface area (Å²) in [7, 11) is 0. The lowest BCUT2D eigenvalue weighted by atomic mass is 10.1. The fourth-order valence-corrected chi connectivity index (χ4v) is 2.66. The molecule has 0 atom stereocenters. The van der Waals surface area contributed by atoms with Gasteiger partial charge in [-0.1, -0.05) is 0 Å². The fraction of sp³-hybridized carbons (Fsp3) is 0.300. The van der Waals surface area contributed by atoms with E-state index in [0.717, 1.165) is 27.8 Å². The summed E-state index contributed by atoms with van der Waals surface area (Å²) in [6, 6.07) is 12.1. The largest absolute Gasteiger partial charge is 0.491 e. The van der Waals surface area contributed by atoms with Gasteiger partial charge in [0.15, 0.2) is 0 Å². The molecule has 3 aromatic rings. The minimum Gasteiger partial charge on any atom is -0.491 e. The minimum absolute atomic E-state index is 0.0984. The Bertz CT molecular complexity index is 819. The van der Waals surface area contributed by atoms with Crippen LogP contribution in [0.2, 0.25) is 0 Å². The van der Waals surface area contributed by atoms with Gasteiger partial charge in [0.25, 0.3) is 0 Å². The molecule has 2 aromatic carbocycles. The van der Waals surface area contributed by atoms with Gasteiger partial charge in [0, 0.05) is 23.1 Å². The van der Waals surface area contributed by atoms with Gasteiger partial charge >= 0.3 is 0 Å². The van der Waals surface area contributed by atoms with Crippen molar-refractivity contribution in [3.63, 3.8) is 0 Å². The smallest absolute Gasteiger partial charge is 0.140 e. The van der Waals surface area contributed by atoms with Crippen molar-refractivity contribution in [3.8, 4) is 17.1 Å². The zero-order valence-electron chi connectivity index (χ0n) is 14.1. The summed E-state index contributed by atoms with van der Waals surface area (Å²) >= 11 is 0. The number of fused-ring (bicyclic) bond motifs is 1. The highest BCUT2D eigenvalue weighted by Gasteiger charge is 2.17. The van der Waals surface area contributed by atoms with Gasteiger partial charge in [0.05, 0.1) is 12.7 Å². The van der Waals surface area contributed by atoms with E-state index in [1.807, 2.05) is 39.0 Å². The minimum atomic E-state index is -0.270. The van der Waals surface area contributed by atoms with Gasteiger partial charge in [0.1, 0.15) is 22.9 Å². The number of ether oxygens (including phenoxy) is 2. The molecular weight excluding hydrogens is 307 g/mol. The molecule has 3 nitrogen and oxygen atoms in total. The van der Waals surface area contributed by atoms with Crippen molar-refractivity contribution in [3.05, 3.63) is 53.8 Å². The molecule has 0 aliphatic carbocycles. The van der Waals surface area contributed by atoms with Crippen molar-refractivity contribution in [2.45, 2.75) is 33.5 Å². The molecule has 0 aliphatic heterocycles. The average Bonchev–Trinajstić information content (AvgIpc) is 2.91. The Morgan fingerprint density at radius 2 is 1.83 bits per heavy atom. The molecule has 0 bridgehead atoms. The van der Waals surface area contributed by atoms with Crippen LogP contribution in [0.25, 0.3) is 22.3 Å². The Morgan fingerprint density at radius 3 is 2.50 bits per heavy atom. The Hall–Kier alpha value is -2.33. The molecule has 0 N–H and O–H groups in total. The third-order valence-corrected chi connectivity index (χ3v) is 3.69. The summed E-state index contributed by atoms with van der Waals surface area (Å²) in [5, 5.41) is 0.959. The molecule has 24 heavy (non-hydrogen) atoms. The first kappa shape index (κ1) is 16.5. The first-order valence-electron chi connectivity index (χ1n) is 8.14. The van der Waals surface area contributed by atoms with E-state index in [1.54, 1.807) is 12.1 Å². The predicted molar refractivity (Wildman–Crippen MR) is 92.7 cm³/mol. The van der Waals surface area contributed by atoms with Crippen LogP contribution in [-0.4, -0.2) is 12.7 Å². The van der Waals surface area contributed by atoms with E-state index >= 15 is 0 Å². The molecule has 0 unspecified atom stereocenters. The van der Waals surface area contributed by atoms with E-state index in [2.05, 4.69) is 0 Å². The molecule has 0 saturated heterocycles. The van der Waals surface area contributed by atoms with Gasteiger partial charge in [-0.3, -0.25) is 0 Å². The lowest BCUT2D eigenvalue weighted by Gasteiger charge is -2.09. The van der Waals surface area contributed by atoms with E-state index < -0.39 is 0 Å². The molecule has 0 radical (unpaired) electrons. The molecule has 4 heteroatoms. The number of rotatable bonds is 6. The standard InChI is InChI=1S/C20H21FO3/c1-4-22-12-18-17-11-16(23-13(2)3)9-10-19(17)24-20(18)14-5-7-15(21)8-6-14/h5-11,13H,4,12H2,1-3H3. The van der Waals surface area contributed by atoms with Crippen molar-refractivity contribution in [1.29, 1.82) is 0 Å². The predicted octanol–water partition coefficient (Wildman–Crippen LogP) is 5.56. The molecule has 0 saturated carbocycles. The zero-order valence-corrected chi connectivity index (χ0v) is 14.1. The second-order valence-corrected chi connectivity index (χ2v) is 5.88. The van der Waals surface area contributed by atoms with Crippen LogP contribution < -0.4 is 4.74 Å². The van der Waals surface area contributed by atoms with Gasteiger partial charge in [-0.05, 0) is 63.2 Å². The van der Waals surface area contributed by atoms with Crippen LogP contribution in [-0.2, 0) is 11.3 Å². The van der Waals surface area contributed by atoms with E-state index in [4.69, 9.17) is 13.9 Å². The van der Waals surface area contributed by atoms with Crippen molar-refractivity contribution in [1.82, 2.24) is 0 Å². The average molecular weight is 328 g/mol. The van der Waals surface area contributed by atoms with Crippen LogP contribution in [0.1, 0.15) is 26.3 Å². The topological polar surface area (TPSA) is 31.6 Å². The number of halogens is 1. The van der Waals surface area contributed by atoms with Crippen LogP contribution in [0.5, 0.6) is 5.75 Å². The second kappa shape index (κ2) is 7.05. The molecule has 126 valence electrons. The van der Waals surface area contributed by atoms with Gasteiger partial charge in [-0.2, -0.15) is 0 Å². The summed E-state index contributed by atoms with van der Waals surface area (Å²) < 4.78 is 30.6. The third-order valence-electron chi connectivity index (χ3n) is 3.69. The lowest BCUT2D eigenvalue weighted by molar-refractivity contribution is 0.135. The molecule has 1 aromatic heterocycles. The van der Waals surface area contributed by atoms with Gasteiger partial charge in [-0.15, -0.1) is 0 Å². The summed E-state index contributed by atoms with van der Waals surface area (Å²) in [5.74, 6) is 1.23. The SMILES string of the molecule is CCOCc1c(-c2ccc(F)cc2)oc2ccc(OC(C)C)cc12. The highest BCUT2D eigenvalue weighted by Crippen LogP contribution is 2.36. The maximum Gasteiger partial charge on any atom is 0.140 e. The van der Waals surface area contributed by atoms with Crippen molar-refractivity contribution in [2.24, 2.45) is 0 Å². The Kier molecular flexibility index (Phi) is 4.86. The van der Waals surface area contributed by atoms with E-state index in [0.29, 0.717) is 19.0 Å². The Labute approximate surface area is 141 Å². The second-order valence-electron chi connectivity index (χ2n) is 5.88. The molecule has 1 heterocycles. The van der Waals surface area contributed by atoms with Crippen LogP contribution >= 0.6 is 0 Å². The number of benzene rings is 2. The maximum absolute atomic E-state index is 13.2. The van der Waals surface area contributed by atoms with Crippen LogP contribution in [0.3, 0.4) is 0 Å². The van der Waals surface area contributed by atoms with Crippen molar-refractivity contribution < 1.29 is 18.3 Å². The highest BCUT2D eigenvalue weighted by molar-refractivity contribution is 5.89. The van der Waals surface area contributed by atoms with E-state index in [-0.39, 0.29) is 11.9 Å². The van der Waals surface area contributed by atoms with Crippen LogP contribution in [0.15, 0.2) is 46.9 Å². The summed E-state index contributed by atoms with van der Waals surface area (Å²) in [6.07, 6.45) is 0.0984. The summed E-state index contributed by atoms with van der Waals surface area (Å²) in [5.41, 5.74) is 2.54. The Balaban J connectivity index is 2.11. The molecular formula is C20H21FO3. The van der Waals surface area contributed by atoms with E-state index in [1.165, 1.54) is 12.1 Å². The number of hydrogen-bond donors (Lipinski definition) is 0. The number of furan rings is 1. The molecule has 3 rings (SSSR count). The van der Waals surface area contributed by atoms with Crippen LogP contribution in [0, 0.1) is 5.82 Å². The quantitative estimate of drug-likeness (QED) is 0.593. The maximum atomic E-state index is 13.2. The lowest BCUT2D eigenvalue weighted by Crippen LogP contribution is -2.05. The monoisotopic (exact) mass is 328 g/mol. The normalized spacial score (nSPS) is 11.4. The third kappa shape index (κ3) is 3.44. The fourth-order valence-electron chi connectivity index (χ4n) is 2.66. The molecule has 0 aliphatic rings. The molecule has 0 amide bonds. The zero-order chi connectivity index (χ0) is 17.1. The molecule has 0 spiro atoms. The summed E-state index contributed by atoms with van der Waals surface area (Å²) in [4.78, 5) is 0. The van der Waals surface area contributed by atoms with Gasteiger partial charge in [-0.25, -0.2) is 4.39 Å². The number of hydrogen-bond acceptors (Lipinski definition) is 3. The van der Waals surface area contributed by atoms with E-state index in [9.17, 15) is 4.39 Å². The first-order valence-corrected chi connectivity index (χ1v) is 8.14. The van der Waals surface area contributed by atoms with Crippen LogP contribution in [0.4, 0.5) is 4.39 Å². The molecule has 0 fully saturated rings. The van der Waals surface area contributed by atoms with Gasteiger partial charge in [0.2, 0.25) is 0 Å². The van der Waals surface area contributed by atoms with Gasteiger partial charge < -0.3 is 13.9 Å².